The first kappa shape index (κ1) is 23.6. The SMILES string of the molecule is COc1cc(-c2nc3sc4c(c3c(=O)n2Cc2ccccc2)CCC(Br)C4=O)cc(OC)c1OC. The molecule has 180 valence electrons. The Labute approximate surface area is 214 Å². The topological polar surface area (TPSA) is 79.7 Å². The van der Waals surface area contributed by atoms with Crippen molar-refractivity contribution in [3.63, 3.8) is 0 Å². The van der Waals surface area contributed by atoms with Crippen molar-refractivity contribution in [2.45, 2.75) is 24.2 Å². The molecular formula is C26H23BrN2O5S. The number of hydrogen-bond donors (Lipinski definition) is 0. The van der Waals surface area contributed by atoms with Crippen molar-refractivity contribution < 1.29 is 19.0 Å². The van der Waals surface area contributed by atoms with Gasteiger partial charge in [-0.05, 0) is 36.1 Å². The van der Waals surface area contributed by atoms with Crippen molar-refractivity contribution in [2.24, 2.45) is 0 Å². The van der Waals surface area contributed by atoms with Crippen LogP contribution in [-0.4, -0.2) is 41.5 Å². The lowest BCUT2D eigenvalue weighted by Gasteiger charge is -2.17. The summed E-state index contributed by atoms with van der Waals surface area (Å²) in [5.74, 6) is 1.86. The predicted octanol–water partition coefficient (Wildman–Crippen LogP) is 5.09. The molecule has 35 heavy (non-hydrogen) atoms. The van der Waals surface area contributed by atoms with E-state index < -0.39 is 0 Å². The van der Waals surface area contributed by atoms with Crippen LogP contribution in [-0.2, 0) is 13.0 Å². The van der Waals surface area contributed by atoms with Crippen LogP contribution < -0.4 is 19.8 Å². The molecule has 0 bridgehead atoms. The summed E-state index contributed by atoms with van der Waals surface area (Å²) in [5, 5.41) is 0.532. The number of alkyl halides is 1. The average Bonchev–Trinajstić information content (AvgIpc) is 3.27. The molecule has 0 spiro atoms. The van der Waals surface area contributed by atoms with E-state index in [0.717, 1.165) is 11.1 Å². The lowest BCUT2D eigenvalue weighted by atomic mass is 9.96. The molecule has 0 N–H and O–H groups in total. The molecule has 7 nitrogen and oxygen atoms in total. The summed E-state index contributed by atoms with van der Waals surface area (Å²) < 4.78 is 18.2. The van der Waals surface area contributed by atoms with Gasteiger partial charge in [0.15, 0.2) is 17.3 Å². The third-order valence-corrected chi connectivity index (χ3v) is 8.19. The molecule has 0 saturated carbocycles. The molecule has 0 aliphatic heterocycles. The van der Waals surface area contributed by atoms with E-state index in [9.17, 15) is 9.59 Å². The fourth-order valence-electron chi connectivity index (χ4n) is 4.46. The van der Waals surface area contributed by atoms with Gasteiger partial charge in [-0.2, -0.15) is 0 Å². The maximum Gasteiger partial charge on any atom is 0.263 e. The van der Waals surface area contributed by atoms with Gasteiger partial charge in [-0.15, -0.1) is 11.3 Å². The molecule has 2 heterocycles. The second kappa shape index (κ2) is 9.47. The highest BCUT2D eigenvalue weighted by atomic mass is 79.9. The smallest absolute Gasteiger partial charge is 0.263 e. The molecule has 2 aromatic heterocycles. The Balaban J connectivity index is 1.81. The van der Waals surface area contributed by atoms with Crippen LogP contribution in [0.2, 0.25) is 0 Å². The van der Waals surface area contributed by atoms with Crippen molar-refractivity contribution in [1.29, 1.82) is 0 Å². The Morgan fingerprint density at radius 3 is 2.37 bits per heavy atom. The number of rotatable bonds is 6. The van der Waals surface area contributed by atoms with E-state index in [-0.39, 0.29) is 16.2 Å². The highest BCUT2D eigenvalue weighted by molar-refractivity contribution is 9.10. The summed E-state index contributed by atoms with van der Waals surface area (Å²) in [5.41, 5.74) is 2.25. The van der Waals surface area contributed by atoms with Gasteiger partial charge in [-0.3, -0.25) is 14.2 Å². The number of aryl methyl sites for hydroxylation is 1. The van der Waals surface area contributed by atoms with Crippen LogP contribution in [0.5, 0.6) is 17.2 Å². The van der Waals surface area contributed by atoms with Gasteiger partial charge in [0.05, 0.1) is 43.0 Å². The fourth-order valence-corrected chi connectivity index (χ4v) is 6.28. The van der Waals surface area contributed by atoms with Gasteiger partial charge in [-0.1, -0.05) is 46.3 Å². The minimum Gasteiger partial charge on any atom is -0.493 e. The molecule has 5 rings (SSSR count). The van der Waals surface area contributed by atoms with Crippen molar-refractivity contribution in [1.82, 2.24) is 9.55 Å². The number of halogens is 1. The van der Waals surface area contributed by atoms with Gasteiger partial charge < -0.3 is 14.2 Å². The van der Waals surface area contributed by atoms with E-state index in [1.54, 1.807) is 38.0 Å². The van der Waals surface area contributed by atoms with Crippen LogP contribution in [0.3, 0.4) is 0 Å². The van der Waals surface area contributed by atoms with Crippen molar-refractivity contribution in [3.8, 4) is 28.6 Å². The monoisotopic (exact) mass is 554 g/mol. The third-order valence-electron chi connectivity index (χ3n) is 6.17. The van der Waals surface area contributed by atoms with Gasteiger partial charge in [0.1, 0.15) is 10.7 Å². The lowest BCUT2D eigenvalue weighted by molar-refractivity contribution is 0.0986. The number of carbonyl (C=O) groups excluding carboxylic acids is 1. The Hall–Kier alpha value is -3.17. The van der Waals surface area contributed by atoms with Crippen LogP contribution in [0.4, 0.5) is 0 Å². The molecule has 2 aromatic carbocycles. The average molecular weight is 555 g/mol. The number of nitrogens with zero attached hydrogens (tertiary/aromatic N) is 2. The van der Waals surface area contributed by atoms with Crippen LogP contribution in [0.1, 0.15) is 27.2 Å². The predicted molar refractivity (Wildman–Crippen MR) is 140 cm³/mol. The number of methoxy groups -OCH3 is 3. The minimum absolute atomic E-state index is 0.0117. The molecule has 1 aliphatic rings. The molecule has 0 saturated heterocycles. The number of aromatic nitrogens is 2. The molecule has 0 fully saturated rings. The second-order valence-corrected chi connectivity index (χ2v) is 10.3. The van der Waals surface area contributed by atoms with Crippen molar-refractivity contribution in [2.75, 3.05) is 21.3 Å². The largest absolute Gasteiger partial charge is 0.493 e. The van der Waals surface area contributed by atoms with Gasteiger partial charge >= 0.3 is 0 Å². The molecule has 4 aromatic rings. The maximum atomic E-state index is 14.0. The zero-order valence-corrected chi connectivity index (χ0v) is 21.9. The number of fused-ring (bicyclic) bond motifs is 3. The molecule has 9 heteroatoms. The lowest BCUT2D eigenvalue weighted by Crippen LogP contribution is -2.26. The van der Waals surface area contributed by atoms with E-state index in [1.807, 2.05) is 30.3 Å². The highest BCUT2D eigenvalue weighted by Gasteiger charge is 2.31. The zero-order chi connectivity index (χ0) is 24.7. The van der Waals surface area contributed by atoms with Gasteiger partial charge in [-0.25, -0.2) is 4.98 Å². The number of ether oxygens (including phenoxy) is 3. The number of Topliss-reactive ketones (excluding diaryl/α,β-unsaturated/α-hetero) is 1. The number of ketones is 1. The summed E-state index contributed by atoms with van der Waals surface area (Å²) >= 11 is 4.75. The summed E-state index contributed by atoms with van der Waals surface area (Å²) in [6.45, 7) is 0.328. The van der Waals surface area contributed by atoms with Crippen LogP contribution in [0.15, 0.2) is 47.3 Å². The quantitative estimate of drug-likeness (QED) is 0.309. The Bertz CT molecular complexity index is 1470. The number of benzene rings is 2. The van der Waals surface area contributed by atoms with Crippen LogP contribution in [0.25, 0.3) is 21.6 Å². The summed E-state index contributed by atoms with van der Waals surface area (Å²) in [6.07, 6.45) is 1.31. The van der Waals surface area contributed by atoms with Crippen LogP contribution in [0, 0.1) is 0 Å². The Morgan fingerprint density at radius 2 is 1.74 bits per heavy atom. The molecule has 1 atom stereocenters. The van der Waals surface area contributed by atoms with E-state index in [4.69, 9.17) is 19.2 Å². The number of carbonyl (C=O) groups is 1. The fraction of sp³-hybridized carbons (Fsp3) is 0.269. The normalized spacial score (nSPS) is 15.2. The molecule has 1 unspecified atom stereocenters. The third kappa shape index (κ3) is 4.02. The summed E-state index contributed by atoms with van der Waals surface area (Å²) in [7, 11) is 4.63. The van der Waals surface area contributed by atoms with E-state index in [0.29, 0.717) is 63.1 Å². The first-order valence-corrected chi connectivity index (χ1v) is 12.8. The first-order chi connectivity index (χ1) is 17.0. The molecule has 0 amide bonds. The van der Waals surface area contributed by atoms with Crippen molar-refractivity contribution >= 4 is 43.3 Å². The summed E-state index contributed by atoms with van der Waals surface area (Å²) in [4.78, 5) is 32.7. The number of hydrogen-bond acceptors (Lipinski definition) is 7. The van der Waals surface area contributed by atoms with E-state index >= 15 is 0 Å². The Kier molecular flexibility index (Phi) is 6.37. The zero-order valence-electron chi connectivity index (χ0n) is 19.5. The molecule has 1 aliphatic carbocycles. The van der Waals surface area contributed by atoms with Crippen molar-refractivity contribution in [3.05, 3.63) is 68.8 Å². The van der Waals surface area contributed by atoms with E-state index in [2.05, 4.69) is 15.9 Å². The second-order valence-electron chi connectivity index (χ2n) is 8.19. The minimum atomic E-state index is -0.232. The molecule has 0 radical (unpaired) electrons. The van der Waals surface area contributed by atoms with Gasteiger partial charge in [0.2, 0.25) is 5.75 Å². The first-order valence-electron chi connectivity index (χ1n) is 11.1. The van der Waals surface area contributed by atoms with Crippen LogP contribution >= 0.6 is 27.3 Å². The maximum absolute atomic E-state index is 14.0. The highest BCUT2D eigenvalue weighted by Crippen LogP contribution is 2.42. The Morgan fingerprint density at radius 1 is 1.06 bits per heavy atom. The van der Waals surface area contributed by atoms with Gasteiger partial charge in [0, 0.05) is 5.56 Å². The number of thiophene rings is 1. The molecular weight excluding hydrogens is 532 g/mol. The standard InChI is InChI=1S/C26H23BrN2O5S/c1-32-18-11-15(12-19(33-2)22(18)34-3)24-28-25-20(16-9-10-17(27)21(30)23(16)35-25)26(31)29(24)13-14-7-5-4-6-8-14/h4-8,11-12,17H,9-10,13H2,1-3H3. The summed E-state index contributed by atoms with van der Waals surface area (Å²) in [6, 6.07) is 13.3. The van der Waals surface area contributed by atoms with E-state index in [1.165, 1.54) is 11.3 Å². The van der Waals surface area contributed by atoms with Gasteiger partial charge in [0.25, 0.3) is 5.56 Å².